The van der Waals surface area contributed by atoms with Crippen molar-refractivity contribution in [2.75, 3.05) is 6.61 Å². The van der Waals surface area contributed by atoms with Crippen LogP contribution in [0.4, 0.5) is 0 Å². The number of thioether (sulfide) groups is 1. The number of hydrogen-bond acceptors (Lipinski definition) is 4. The summed E-state index contributed by atoms with van der Waals surface area (Å²) in [6.45, 7) is 5.18. The van der Waals surface area contributed by atoms with E-state index in [4.69, 9.17) is 27.9 Å². The van der Waals surface area contributed by atoms with Crippen LogP contribution in [0.2, 0.25) is 10.0 Å². The molecule has 0 bridgehead atoms. The number of halogens is 2. The molecule has 2 amide bonds. The molecule has 0 aromatic heterocycles. The van der Waals surface area contributed by atoms with E-state index in [0.717, 1.165) is 11.8 Å². The average molecular weight is 371 g/mol. The molecule has 2 rings (SSSR count). The van der Waals surface area contributed by atoms with Crippen molar-refractivity contribution < 1.29 is 14.3 Å². The van der Waals surface area contributed by atoms with Crippen LogP contribution in [0.25, 0.3) is 6.08 Å². The zero-order valence-corrected chi connectivity index (χ0v) is 14.4. The van der Waals surface area contributed by atoms with E-state index >= 15 is 0 Å². The fourth-order valence-corrected chi connectivity index (χ4v) is 3.15. The average Bonchev–Trinajstić information content (AvgIpc) is 2.76. The summed E-state index contributed by atoms with van der Waals surface area (Å²) in [6, 6.07) is 3.18. The molecule has 1 heterocycles. The van der Waals surface area contributed by atoms with Crippen molar-refractivity contribution in [3.05, 3.63) is 45.3 Å². The normalized spacial score (nSPS) is 15.5. The predicted octanol–water partition coefficient (Wildman–Crippen LogP) is 3.66. The first kappa shape index (κ1) is 17.6. The number of nitrogens with zero attached hydrogens (tertiary/aromatic N) is 1. The molecule has 5 nitrogen and oxygen atoms in total. The third kappa shape index (κ3) is 4.60. The van der Waals surface area contributed by atoms with Gasteiger partial charge in [0.25, 0.3) is 5.91 Å². The lowest BCUT2D eigenvalue weighted by atomic mass is 10.2. The van der Waals surface area contributed by atoms with Gasteiger partial charge in [0, 0.05) is 17.5 Å². The zero-order valence-electron chi connectivity index (χ0n) is 12.1. The summed E-state index contributed by atoms with van der Waals surface area (Å²) < 4.78 is 5.53. The van der Waals surface area contributed by atoms with Crippen LogP contribution >= 0.6 is 35.0 Å². The minimum atomic E-state index is -0.454. The molecule has 0 spiro atoms. The van der Waals surface area contributed by atoms with Crippen molar-refractivity contribution in [3.63, 3.8) is 0 Å². The molecule has 120 valence electrons. The summed E-state index contributed by atoms with van der Waals surface area (Å²) in [5.74, 6) is -0.361. The number of amidine groups is 1. The number of benzene rings is 1. The van der Waals surface area contributed by atoms with Crippen LogP contribution in [-0.4, -0.2) is 23.6 Å². The Balaban J connectivity index is 2.34. The Morgan fingerprint density at radius 1 is 1.48 bits per heavy atom. The molecule has 0 fully saturated rings. The van der Waals surface area contributed by atoms with Crippen LogP contribution in [-0.2, 0) is 9.59 Å². The first-order valence-electron chi connectivity index (χ1n) is 6.43. The second kappa shape index (κ2) is 7.68. The molecule has 23 heavy (non-hydrogen) atoms. The van der Waals surface area contributed by atoms with E-state index in [1.165, 1.54) is 6.92 Å². The number of ether oxygens (including phenoxy) is 1. The Hall–Kier alpha value is -1.76. The summed E-state index contributed by atoms with van der Waals surface area (Å²) in [5, 5.41) is 3.44. The third-order valence-corrected chi connectivity index (χ3v) is 3.97. The van der Waals surface area contributed by atoms with E-state index in [9.17, 15) is 9.59 Å². The fourth-order valence-electron chi connectivity index (χ4n) is 1.74. The molecular weight excluding hydrogens is 359 g/mol. The number of carbonyl (C=O) groups is 2. The molecule has 1 aromatic rings. The van der Waals surface area contributed by atoms with E-state index in [1.54, 1.807) is 24.3 Å². The quantitative estimate of drug-likeness (QED) is 0.648. The highest BCUT2D eigenvalue weighted by Gasteiger charge is 2.23. The minimum absolute atomic E-state index is 0.232. The Labute approximate surface area is 147 Å². The maximum absolute atomic E-state index is 11.9. The second-order valence-electron chi connectivity index (χ2n) is 4.42. The van der Waals surface area contributed by atoms with Crippen LogP contribution in [0.15, 0.2) is 34.7 Å². The molecular formula is C15H12Cl2N2O3S. The van der Waals surface area contributed by atoms with Crippen molar-refractivity contribution in [1.29, 1.82) is 0 Å². The second-order valence-corrected chi connectivity index (χ2v) is 6.29. The maximum atomic E-state index is 11.9. The van der Waals surface area contributed by atoms with Crippen molar-refractivity contribution in [1.82, 2.24) is 5.32 Å². The predicted molar refractivity (Wildman–Crippen MR) is 94.0 cm³/mol. The first-order chi connectivity index (χ1) is 10.9. The van der Waals surface area contributed by atoms with Crippen molar-refractivity contribution >= 4 is 58.0 Å². The summed E-state index contributed by atoms with van der Waals surface area (Å²) in [6.07, 6.45) is 3.15. The fraction of sp³-hybridized carbons (Fsp3) is 0.133. The number of nitrogens with one attached hydrogen (secondary N) is 1. The molecule has 1 aliphatic rings. The van der Waals surface area contributed by atoms with Crippen molar-refractivity contribution in [3.8, 4) is 5.75 Å². The van der Waals surface area contributed by atoms with E-state index < -0.39 is 5.91 Å². The van der Waals surface area contributed by atoms with Crippen molar-refractivity contribution in [2.45, 2.75) is 6.92 Å². The van der Waals surface area contributed by atoms with Gasteiger partial charge in [-0.15, -0.1) is 0 Å². The highest BCUT2D eigenvalue weighted by Crippen LogP contribution is 2.36. The van der Waals surface area contributed by atoms with Crippen molar-refractivity contribution in [2.24, 2.45) is 4.99 Å². The molecule has 1 aliphatic heterocycles. The molecule has 1 aromatic carbocycles. The van der Waals surface area contributed by atoms with Gasteiger partial charge in [0.15, 0.2) is 5.17 Å². The topological polar surface area (TPSA) is 67.8 Å². The van der Waals surface area contributed by atoms with Crippen LogP contribution in [0.3, 0.4) is 0 Å². The molecule has 0 saturated heterocycles. The Kier molecular flexibility index (Phi) is 5.87. The van der Waals surface area contributed by atoms with Crippen LogP contribution in [0.5, 0.6) is 5.75 Å². The highest BCUT2D eigenvalue weighted by atomic mass is 35.5. The Bertz CT molecular complexity index is 744. The third-order valence-electron chi connectivity index (χ3n) is 2.57. The molecule has 1 N–H and O–H groups in total. The van der Waals surface area contributed by atoms with E-state index in [2.05, 4.69) is 16.9 Å². The van der Waals surface area contributed by atoms with Gasteiger partial charge < -0.3 is 10.1 Å². The summed E-state index contributed by atoms with van der Waals surface area (Å²) in [5.41, 5.74) is 0.541. The molecule has 0 saturated carbocycles. The monoisotopic (exact) mass is 370 g/mol. The lowest BCUT2D eigenvalue weighted by Crippen LogP contribution is -2.23. The van der Waals surface area contributed by atoms with Gasteiger partial charge in [0.1, 0.15) is 12.4 Å². The number of aliphatic imine (C=N–C) groups is 1. The molecule has 0 unspecified atom stereocenters. The lowest BCUT2D eigenvalue weighted by molar-refractivity contribution is -0.117. The number of rotatable bonds is 4. The molecule has 0 atom stereocenters. The standard InChI is InChI=1S/C15H12Cl2N2O3S/c1-3-4-22-13-9(5-10(16)7-11(13)17)6-12-14(21)19-15(23-12)18-8(2)20/h3,5-7H,1,4H2,2H3,(H,18,19,20,21)/b12-6+. The van der Waals surface area contributed by atoms with Gasteiger partial charge in [-0.1, -0.05) is 35.9 Å². The van der Waals surface area contributed by atoms with Gasteiger partial charge in [-0.25, -0.2) is 0 Å². The highest BCUT2D eigenvalue weighted by molar-refractivity contribution is 8.18. The smallest absolute Gasteiger partial charge is 0.286 e. The first-order valence-corrected chi connectivity index (χ1v) is 8.01. The van der Waals surface area contributed by atoms with E-state index in [-0.39, 0.29) is 17.7 Å². The van der Waals surface area contributed by atoms with Crippen LogP contribution < -0.4 is 10.1 Å². The van der Waals surface area contributed by atoms with Crippen LogP contribution in [0, 0.1) is 0 Å². The maximum Gasteiger partial charge on any atom is 0.286 e. The summed E-state index contributed by atoms with van der Waals surface area (Å²) >= 11 is 13.2. The van der Waals surface area contributed by atoms with E-state index in [1.807, 2.05) is 0 Å². The van der Waals surface area contributed by atoms with Gasteiger partial charge >= 0.3 is 0 Å². The number of carbonyl (C=O) groups excluding carboxylic acids is 2. The minimum Gasteiger partial charge on any atom is -0.487 e. The lowest BCUT2D eigenvalue weighted by Gasteiger charge is -2.10. The number of hydrogen-bond donors (Lipinski definition) is 1. The van der Waals surface area contributed by atoms with E-state index in [0.29, 0.717) is 26.3 Å². The van der Waals surface area contributed by atoms with Crippen LogP contribution in [0.1, 0.15) is 12.5 Å². The Morgan fingerprint density at radius 3 is 2.87 bits per heavy atom. The molecule has 0 radical (unpaired) electrons. The number of amides is 2. The van der Waals surface area contributed by atoms with Gasteiger partial charge in [-0.2, -0.15) is 4.99 Å². The zero-order chi connectivity index (χ0) is 17.0. The molecule has 0 aliphatic carbocycles. The summed E-state index contributed by atoms with van der Waals surface area (Å²) in [4.78, 5) is 27.0. The van der Waals surface area contributed by atoms with Gasteiger partial charge in [0.05, 0.1) is 9.93 Å². The van der Waals surface area contributed by atoms with Gasteiger partial charge in [0.2, 0.25) is 5.91 Å². The van der Waals surface area contributed by atoms with Gasteiger partial charge in [-0.05, 0) is 30.0 Å². The molecule has 8 heteroatoms. The largest absolute Gasteiger partial charge is 0.487 e. The summed E-state index contributed by atoms with van der Waals surface area (Å²) in [7, 11) is 0. The Morgan fingerprint density at radius 2 is 2.22 bits per heavy atom. The van der Waals surface area contributed by atoms with Gasteiger partial charge in [-0.3, -0.25) is 9.59 Å². The SMILES string of the molecule is C=CCOc1c(Cl)cc(Cl)cc1/C=C1/SC(NC(C)=O)=NC1=O.